The molecule has 2 aromatic carbocycles. The Kier molecular flexibility index (Phi) is 7.74. The van der Waals surface area contributed by atoms with Crippen LogP contribution < -0.4 is 5.32 Å². The van der Waals surface area contributed by atoms with E-state index < -0.39 is 16.1 Å². The number of anilines is 1. The van der Waals surface area contributed by atoms with Crippen molar-refractivity contribution in [3.05, 3.63) is 74.8 Å². The molecule has 0 aliphatic heterocycles. The lowest BCUT2D eigenvalue weighted by Crippen LogP contribution is -2.39. The normalized spacial score (nSPS) is 13.5. The van der Waals surface area contributed by atoms with E-state index in [1.165, 1.54) is 5.56 Å². The van der Waals surface area contributed by atoms with Crippen molar-refractivity contribution in [3.8, 4) is 0 Å². The van der Waals surface area contributed by atoms with Gasteiger partial charge in [-0.05, 0) is 70.4 Å². The molecule has 0 saturated heterocycles. The molecule has 0 spiro atoms. The third-order valence-electron chi connectivity index (χ3n) is 5.76. The molecule has 0 bridgehead atoms. The predicted molar refractivity (Wildman–Crippen MR) is 154 cm³/mol. The van der Waals surface area contributed by atoms with Crippen molar-refractivity contribution in [1.29, 1.82) is 0 Å². The van der Waals surface area contributed by atoms with Gasteiger partial charge < -0.3 is 5.32 Å². The van der Waals surface area contributed by atoms with E-state index in [0.717, 1.165) is 21.5 Å². The number of para-hydroxylation sites is 1. The summed E-state index contributed by atoms with van der Waals surface area (Å²) in [7, 11) is -2.79. The van der Waals surface area contributed by atoms with Crippen molar-refractivity contribution < 1.29 is 0 Å². The maximum absolute atomic E-state index is 4.44. The second-order valence-corrected chi connectivity index (χ2v) is 23.3. The first-order valence-electron chi connectivity index (χ1n) is 11.8. The fourth-order valence-corrected chi connectivity index (χ4v) is 15.0. The van der Waals surface area contributed by atoms with E-state index in [9.17, 15) is 0 Å². The Morgan fingerprint density at radius 1 is 0.941 bits per heavy atom. The highest BCUT2D eigenvalue weighted by molar-refractivity contribution is 9.10. The second kappa shape index (κ2) is 9.91. The zero-order chi connectivity index (χ0) is 25.3. The quantitative estimate of drug-likeness (QED) is 0.306. The summed E-state index contributed by atoms with van der Waals surface area (Å²) in [6.45, 7) is 21.1. The minimum Gasteiger partial charge on any atom is -0.371 e. The number of hydrogen-bond donors (Lipinski definition) is 1. The maximum atomic E-state index is 4.44. The van der Waals surface area contributed by atoms with E-state index in [1.807, 2.05) is 22.9 Å². The molecule has 5 nitrogen and oxygen atoms in total. The lowest BCUT2D eigenvalue weighted by molar-refractivity contribution is 0.333. The third-order valence-corrected chi connectivity index (χ3v) is 14.5. The number of nitrogens with zero attached hydrogens (tertiary/aromatic N) is 4. The number of hydrogen-bond acceptors (Lipinski definition) is 4. The van der Waals surface area contributed by atoms with Crippen LogP contribution in [0.25, 0.3) is 6.08 Å². The average molecular weight is 557 g/mol. The van der Waals surface area contributed by atoms with Gasteiger partial charge in [-0.25, -0.2) is 4.68 Å². The SMILES string of the molecule is CC(C)(C)n1nnnc1C(Nc1ccccc1Br)c1ccc(C=C([Si](C)(C)C)[Si](C)(C)C)cc1. The van der Waals surface area contributed by atoms with E-state index in [1.54, 1.807) is 4.82 Å². The Morgan fingerprint density at radius 3 is 2.06 bits per heavy atom. The van der Waals surface area contributed by atoms with Gasteiger partial charge in [0.15, 0.2) is 5.82 Å². The van der Waals surface area contributed by atoms with Crippen LogP contribution in [0.1, 0.15) is 43.8 Å². The summed E-state index contributed by atoms with van der Waals surface area (Å²) in [5.74, 6) is 0.788. The average Bonchev–Trinajstić information content (AvgIpc) is 3.20. The molecule has 1 N–H and O–H groups in total. The molecule has 1 heterocycles. The lowest BCUT2D eigenvalue weighted by Gasteiger charge is -2.31. The zero-order valence-corrected chi connectivity index (χ0v) is 25.5. The van der Waals surface area contributed by atoms with E-state index in [2.05, 4.69) is 133 Å². The molecule has 1 aromatic heterocycles. The second-order valence-electron chi connectivity index (χ2n) is 11.9. The van der Waals surface area contributed by atoms with Crippen LogP contribution in [0.5, 0.6) is 0 Å². The van der Waals surface area contributed by atoms with Crippen LogP contribution in [0, 0.1) is 0 Å². The fraction of sp³-hybridized carbons (Fsp3) is 0.423. The molecule has 34 heavy (non-hydrogen) atoms. The van der Waals surface area contributed by atoms with Crippen LogP contribution in [0.3, 0.4) is 0 Å². The van der Waals surface area contributed by atoms with Crippen molar-refractivity contribution in [1.82, 2.24) is 20.2 Å². The first-order chi connectivity index (χ1) is 15.7. The van der Waals surface area contributed by atoms with Crippen molar-refractivity contribution in [2.24, 2.45) is 0 Å². The van der Waals surface area contributed by atoms with Crippen LogP contribution in [0.2, 0.25) is 39.3 Å². The molecule has 0 aliphatic carbocycles. The highest BCUT2D eigenvalue weighted by Crippen LogP contribution is 2.32. The topological polar surface area (TPSA) is 55.6 Å². The van der Waals surface area contributed by atoms with Gasteiger partial charge in [0.1, 0.15) is 6.04 Å². The van der Waals surface area contributed by atoms with Crippen molar-refractivity contribution in [3.63, 3.8) is 0 Å². The number of nitrogens with one attached hydrogen (secondary N) is 1. The molecule has 0 fully saturated rings. The zero-order valence-electron chi connectivity index (χ0n) is 21.9. The minimum atomic E-state index is -1.39. The molecular weight excluding hydrogens is 518 g/mol. The van der Waals surface area contributed by atoms with Gasteiger partial charge in [-0.3, -0.25) is 0 Å². The predicted octanol–water partition coefficient (Wildman–Crippen LogP) is 7.53. The highest BCUT2D eigenvalue weighted by Gasteiger charge is 2.31. The van der Waals surface area contributed by atoms with Crippen molar-refractivity contribution in [2.45, 2.75) is 71.6 Å². The van der Waals surface area contributed by atoms with E-state index in [0.29, 0.717) is 0 Å². The van der Waals surface area contributed by atoms with Gasteiger partial charge in [-0.1, -0.05) is 86.6 Å². The van der Waals surface area contributed by atoms with Gasteiger partial charge >= 0.3 is 0 Å². The number of tetrazole rings is 1. The van der Waals surface area contributed by atoms with Crippen LogP contribution in [0.4, 0.5) is 5.69 Å². The number of rotatable bonds is 7. The molecule has 8 heteroatoms. The molecular formula is C26H38BrN5Si2. The largest absolute Gasteiger partial charge is 0.371 e. The molecule has 182 valence electrons. The van der Waals surface area contributed by atoms with E-state index in [-0.39, 0.29) is 11.6 Å². The molecule has 1 atom stereocenters. The standard InChI is InChI=1S/C26H38BrN5Si2/c1-26(2,3)32-25(29-30-31-32)24(28-22-13-11-10-12-21(22)27)20-16-14-19(15-17-20)18-23(33(4,5)6)34(7,8)9/h10-18,24,28H,1-9H3. The molecule has 3 rings (SSSR count). The number of aromatic nitrogens is 4. The van der Waals surface area contributed by atoms with Crippen LogP contribution in [-0.4, -0.2) is 36.4 Å². The first kappa shape index (κ1) is 26.6. The van der Waals surface area contributed by atoms with Gasteiger partial charge in [-0.15, -0.1) is 5.10 Å². The van der Waals surface area contributed by atoms with Crippen LogP contribution in [-0.2, 0) is 5.54 Å². The molecule has 0 aliphatic rings. The molecule has 1 unspecified atom stereocenters. The van der Waals surface area contributed by atoms with Gasteiger partial charge in [0, 0.05) is 10.2 Å². The number of halogens is 1. The molecule has 0 saturated carbocycles. The summed E-state index contributed by atoms with van der Waals surface area (Å²) < 4.78 is 2.91. The lowest BCUT2D eigenvalue weighted by atomic mass is 10.0. The summed E-state index contributed by atoms with van der Waals surface area (Å²) in [6.07, 6.45) is 2.46. The monoisotopic (exact) mass is 555 g/mol. The van der Waals surface area contributed by atoms with Crippen molar-refractivity contribution in [2.75, 3.05) is 5.32 Å². The van der Waals surface area contributed by atoms with Gasteiger partial charge in [0.25, 0.3) is 0 Å². The Hall–Kier alpha value is -2.04. The summed E-state index contributed by atoms with van der Waals surface area (Å²) in [6, 6.07) is 16.8. The van der Waals surface area contributed by atoms with Crippen LogP contribution >= 0.6 is 15.9 Å². The summed E-state index contributed by atoms with van der Waals surface area (Å²) in [4.78, 5) is 1.70. The maximum Gasteiger partial charge on any atom is 0.178 e. The first-order valence-corrected chi connectivity index (χ1v) is 19.6. The molecule has 0 radical (unpaired) electrons. The summed E-state index contributed by atoms with van der Waals surface area (Å²) in [5.41, 5.74) is 3.15. The third kappa shape index (κ3) is 6.34. The minimum absolute atomic E-state index is 0.195. The van der Waals surface area contributed by atoms with E-state index >= 15 is 0 Å². The Labute approximate surface area is 215 Å². The van der Waals surface area contributed by atoms with E-state index in [4.69, 9.17) is 0 Å². The van der Waals surface area contributed by atoms with Gasteiger partial charge in [0.2, 0.25) is 0 Å². The van der Waals surface area contributed by atoms with Gasteiger partial charge in [-0.2, -0.15) is 0 Å². The Bertz CT molecular complexity index is 1130. The summed E-state index contributed by atoms with van der Waals surface area (Å²) >= 11 is 3.67. The Morgan fingerprint density at radius 2 is 1.53 bits per heavy atom. The fourth-order valence-electron chi connectivity index (χ4n) is 4.39. The molecule has 3 aromatic rings. The molecule has 0 amide bonds. The summed E-state index contributed by atoms with van der Waals surface area (Å²) in [5, 5.41) is 16.5. The Balaban J connectivity index is 2.07. The smallest absolute Gasteiger partial charge is 0.178 e. The number of benzene rings is 2. The van der Waals surface area contributed by atoms with Gasteiger partial charge in [0.05, 0.1) is 21.7 Å². The van der Waals surface area contributed by atoms with Crippen molar-refractivity contribution >= 4 is 43.8 Å². The highest BCUT2D eigenvalue weighted by atomic mass is 79.9. The van der Waals surface area contributed by atoms with Crippen LogP contribution in [0.15, 0.2) is 57.8 Å².